The zero-order valence-corrected chi connectivity index (χ0v) is 11.4. The second kappa shape index (κ2) is 5.42. The fourth-order valence-electron chi connectivity index (χ4n) is 1.45. The highest BCUT2D eigenvalue weighted by Crippen LogP contribution is 2.33. The molecule has 0 bridgehead atoms. The Balaban J connectivity index is 2.37. The number of rotatable bonds is 3. The van der Waals surface area contributed by atoms with Gasteiger partial charge in [0.1, 0.15) is 17.9 Å². The van der Waals surface area contributed by atoms with Crippen molar-refractivity contribution >= 4 is 29.0 Å². The van der Waals surface area contributed by atoms with Gasteiger partial charge in [-0.15, -0.1) is 0 Å². The summed E-state index contributed by atoms with van der Waals surface area (Å²) in [5.41, 5.74) is 0.802. The van der Waals surface area contributed by atoms with E-state index in [2.05, 4.69) is 15.3 Å². The first kappa shape index (κ1) is 12.9. The summed E-state index contributed by atoms with van der Waals surface area (Å²) in [6.45, 7) is 1.86. The molecule has 4 nitrogen and oxygen atoms in total. The van der Waals surface area contributed by atoms with E-state index in [1.807, 2.05) is 6.92 Å². The maximum absolute atomic E-state index is 6.03. The molecule has 0 aliphatic heterocycles. The van der Waals surface area contributed by atoms with Crippen molar-refractivity contribution in [1.29, 1.82) is 0 Å². The minimum atomic E-state index is 0.443. The van der Waals surface area contributed by atoms with Crippen LogP contribution in [0.25, 0.3) is 0 Å². The molecular formula is C12H11Cl2N3O. The normalized spacial score (nSPS) is 10.2. The summed E-state index contributed by atoms with van der Waals surface area (Å²) in [5, 5.41) is 3.98. The third kappa shape index (κ3) is 2.66. The number of hydrogen-bond acceptors (Lipinski definition) is 4. The number of ether oxygens (including phenoxy) is 1. The van der Waals surface area contributed by atoms with Gasteiger partial charge in [-0.2, -0.15) is 0 Å². The molecule has 2 aromatic rings. The number of benzene rings is 1. The molecular weight excluding hydrogens is 273 g/mol. The highest BCUT2D eigenvalue weighted by molar-refractivity contribution is 6.34. The first-order valence-electron chi connectivity index (χ1n) is 5.24. The molecule has 1 aromatic heterocycles. The molecule has 0 spiro atoms. The van der Waals surface area contributed by atoms with E-state index < -0.39 is 0 Å². The van der Waals surface area contributed by atoms with E-state index in [1.165, 1.54) is 6.33 Å². The molecule has 1 heterocycles. The smallest absolute Gasteiger partial charge is 0.227 e. The van der Waals surface area contributed by atoms with Crippen LogP contribution in [0.5, 0.6) is 11.6 Å². The van der Waals surface area contributed by atoms with Crippen LogP contribution in [0, 0.1) is 6.92 Å². The molecule has 0 saturated carbocycles. The van der Waals surface area contributed by atoms with E-state index in [4.69, 9.17) is 27.9 Å². The van der Waals surface area contributed by atoms with Crippen molar-refractivity contribution in [2.75, 3.05) is 12.4 Å². The molecule has 0 fully saturated rings. The lowest BCUT2D eigenvalue weighted by Gasteiger charge is -2.11. The second-order valence-corrected chi connectivity index (χ2v) is 4.42. The molecule has 0 atom stereocenters. The Morgan fingerprint density at radius 1 is 1.22 bits per heavy atom. The lowest BCUT2D eigenvalue weighted by atomic mass is 10.3. The molecule has 94 valence electrons. The molecule has 0 unspecified atom stereocenters. The van der Waals surface area contributed by atoms with E-state index in [0.717, 1.165) is 5.56 Å². The lowest BCUT2D eigenvalue weighted by molar-refractivity contribution is 0.458. The number of halogens is 2. The molecule has 0 aliphatic carbocycles. The average molecular weight is 284 g/mol. The Morgan fingerprint density at radius 2 is 2.00 bits per heavy atom. The Hall–Kier alpha value is -1.52. The number of anilines is 1. The Labute approximate surface area is 115 Å². The SMILES string of the molecule is CNc1ncnc(Oc2cc(Cl)ccc2Cl)c1C. The maximum atomic E-state index is 6.03. The third-order valence-electron chi connectivity index (χ3n) is 2.37. The molecule has 0 amide bonds. The monoisotopic (exact) mass is 283 g/mol. The van der Waals surface area contributed by atoms with Crippen molar-refractivity contribution < 1.29 is 4.74 Å². The third-order valence-corrected chi connectivity index (χ3v) is 2.92. The predicted molar refractivity (Wildman–Crippen MR) is 72.9 cm³/mol. The van der Waals surface area contributed by atoms with Gasteiger partial charge in [0.2, 0.25) is 5.88 Å². The van der Waals surface area contributed by atoms with Crippen LogP contribution < -0.4 is 10.1 Å². The second-order valence-electron chi connectivity index (χ2n) is 3.58. The minimum Gasteiger partial charge on any atom is -0.437 e. The highest BCUT2D eigenvalue weighted by Gasteiger charge is 2.10. The van der Waals surface area contributed by atoms with Crippen molar-refractivity contribution in [3.05, 3.63) is 40.1 Å². The highest BCUT2D eigenvalue weighted by atomic mass is 35.5. The van der Waals surface area contributed by atoms with Gasteiger partial charge in [-0.1, -0.05) is 23.2 Å². The van der Waals surface area contributed by atoms with E-state index in [-0.39, 0.29) is 0 Å². The van der Waals surface area contributed by atoms with Gasteiger partial charge in [0, 0.05) is 18.1 Å². The van der Waals surface area contributed by atoms with Crippen LogP contribution in [0.15, 0.2) is 24.5 Å². The molecule has 0 radical (unpaired) electrons. The fourth-order valence-corrected chi connectivity index (χ4v) is 1.77. The van der Waals surface area contributed by atoms with Gasteiger partial charge in [0.05, 0.1) is 10.6 Å². The van der Waals surface area contributed by atoms with Crippen LogP contribution in [0.2, 0.25) is 10.0 Å². The Bertz CT molecular complexity index is 575. The number of nitrogens with one attached hydrogen (secondary N) is 1. The first-order chi connectivity index (χ1) is 8.61. The van der Waals surface area contributed by atoms with Crippen molar-refractivity contribution in [3.8, 4) is 11.6 Å². The van der Waals surface area contributed by atoms with Gasteiger partial charge in [-0.25, -0.2) is 9.97 Å². The average Bonchev–Trinajstić information content (AvgIpc) is 2.36. The summed E-state index contributed by atoms with van der Waals surface area (Å²) in [6.07, 6.45) is 1.42. The van der Waals surface area contributed by atoms with Gasteiger partial charge < -0.3 is 10.1 Å². The van der Waals surface area contributed by atoms with Crippen LogP contribution in [-0.2, 0) is 0 Å². The Morgan fingerprint density at radius 3 is 2.72 bits per heavy atom. The van der Waals surface area contributed by atoms with Gasteiger partial charge >= 0.3 is 0 Å². The summed E-state index contributed by atoms with van der Waals surface area (Å²) in [5.74, 6) is 1.62. The van der Waals surface area contributed by atoms with Crippen molar-refractivity contribution in [1.82, 2.24) is 9.97 Å². The van der Waals surface area contributed by atoms with Crippen molar-refractivity contribution in [3.63, 3.8) is 0 Å². The Kier molecular flexibility index (Phi) is 3.89. The number of aromatic nitrogens is 2. The van der Waals surface area contributed by atoms with Crippen LogP contribution >= 0.6 is 23.2 Å². The van der Waals surface area contributed by atoms with Gasteiger partial charge in [-0.05, 0) is 19.1 Å². The summed E-state index contributed by atoms with van der Waals surface area (Å²) < 4.78 is 5.66. The van der Waals surface area contributed by atoms with Crippen molar-refractivity contribution in [2.24, 2.45) is 0 Å². The quantitative estimate of drug-likeness (QED) is 0.927. The van der Waals surface area contributed by atoms with E-state index in [9.17, 15) is 0 Å². The molecule has 2 rings (SSSR count). The summed E-state index contributed by atoms with van der Waals surface area (Å²) in [7, 11) is 1.78. The summed E-state index contributed by atoms with van der Waals surface area (Å²) in [4.78, 5) is 8.16. The largest absolute Gasteiger partial charge is 0.437 e. The van der Waals surface area contributed by atoms with Gasteiger partial charge in [-0.3, -0.25) is 0 Å². The zero-order chi connectivity index (χ0) is 13.1. The summed E-state index contributed by atoms with van der Waals surface area (Å²) >= 11 is 11.9. The standard InChI is InChI=1S/C12H11Cl2N3O/c1-7-11(15-2)16-6-17-12(7)18-10-5-8(13)3-4-9(10)14/h3-6H,1-2H3,(H,15,16,17). The van der Waals surface area contributed by atoms with E-state index in [1.54, 1.807) is 25.2 Å². The number of nitrogens with zero attached hydrogens (tertiary/aromatic N) is 2. The zero-order valence-electron chi connectivity index (χ0n) is 9.87. The summed E-state index contributed by atoms with van der Waals surface area (Å²) in [6, 6.07) is 5.02. The molecule has 6 heteroatoms. The van der Waals surface area contributed by atoms with Crippen molar-refractivity contribution in [2.45, 2.75) is 6.92 Å². The van der Waals surface area contributed by atoms with E-state index in [0.29, 0.717) is 27.5 Å². The predicted octanol–water partition coefficient (Wildman–Crippen LogP) is 3.93. The molecule has 1 N–H and O–H groups in total. The lowest BCUT2D eigenvalue weighted by Crippen LogP contribution is -2.00. The molecule has 0 saturated heterocycles. The molecule has 1 aromatic carbocycles. The van der Waals surface area contributed by atoms with Crippen LogP contribution in [-0.4, -0.2) is 17.0 Å². The van der Waals surface area contributed by atoms with Crippen LogP contribution in [0.1, 0.15) is 5.56 Å². The van der Waals surface area contributed by atoms with E-state index >= 15 is 0 Å². The topological polar surface area (TPSA) is 47.0 Å². The first-order valence-corrected chi connectivity index (χ1v) is 5.99. The van der Waals surface area contributed by atoms with Gasteiger partial charge in [0.15, 0.2) is 0 Å². The molecule has 0 aliphatic rings. The maximum Gasteiger partial charge on any atom is 0.227 e. The number of hydrogen-bond donors (Lipinski definition) is 1. The van der Waals surface area contributed by atoms with Crippen LogP contribution in [0.3, 0.4) is 0 Å². The van der Waals surface area contributed by atoms with Crippen LogP contribution in [0.4, 0.5) is 5.82 Å². The molecule has 18 heavy (non-hydrogen) atoms. The van der Waals surface area contributed by atoms with Gasteiger partial charge in [0.25, 0.3) is 0 Å². The fraction of sp³-hybridized carbons (Fsp3) is 0.167. The minimum absolute atomic E-state index is 0.443.